The molecule has 1 aliphatic rings. The van der Waals surface area contributed by atoms with Crippen LogP contribution < -0.4 is 29.2 Å². The van der Waals surface area contributed by atoms with Crippen molar-refractivity contribution in [3.05, 3.63) is 45.9 Å². The number of hydrogen-bond acceptors (Lipinski definition) is 7. The summed E-state index contributed by atoms with van der Waals surface area (Å²) in [6, 6.07) is 7.05. The fourth-order valence-electron chi connectivity index (χ4n) is 3.15. The Balaban J connectivity index is 2.02. The molecule has 2 aromatic rings. The maximum Gasteiger partial charge on any atom is 0.335 e. The van der Waals surface area contributed by atoms with Crippen molar-refractivity contribution in [2.45, 2.75) is 13.3 Å². The summed E-state index contributed by atoms with van der Waals surface area (Å²) < 4.78 is 22.1. The van der Waals surface area contributed by atoms with Crippen molar-refractivity contribution >= 4 is 45.5 Å². The van der Waals surface area contributed by atoms with E-state index in [4.69, 9.17) is 18.9 Å². The standard InChI is InChI=1S/C23H23BrN2O7/c1-5-8-33-17-7-6-14(11-19(17)31-3)26-22(28)15(21(27)25-23(26)29)9-13-10-18(30-2)20(32-4)12-16(13)24/h6-7,9-12H,5,8H2,1-4H3,(H,25,27,29)/b15-9+. The van der Waals surface area contributed by atoms with E-state index < -0.39 is 17.8 Å². The van der Waals surface area contributed by atoms with Gasteiger partial charge >= 0.3 is 6.03 Å². The third-order valence-corrected chi connectivity index (χ3v) is 5.46. The molecule has 10 heteroatoms. The number of ether oxygens (including phenoxy) is 4. The largest absolute Gasteiger partial charge is 0.493 e. The van der Waals surface area contributed by atoms with Gasteiger partial charge in [0.25, 0.3) is 11.8 Å². The van der Waals surface area contributed by atoms with Gasteiger partial charge in [-0.05, 0) is 42.3 Å². The number of rotatable bonds is 8. The number of nitrogens with one attached hydrogen (secondary N) is 1. The summed E-state index contributed by atoms with van der Waals surface area (Å²) in [7, 11) is 4.43. The number of benzene rings is 2. The Morgan fingerprint density at radius 1 is 0.939 bits per heavy atom. The summed E-state index contributed by atoms with van der Waals surface area (Å²) in [6.07, 6.45) is 2.18. The van der Waals surface area contributed by atoms with E-state index >= 15 is 0 Å². The predicted octanol–water partition coefficient (Wildman–Crippen LogP) is 3.93. The Labute approximate surface area is 199 Å². The molecular weight excluding hydrogens is 496 g/mol. The van der Waals surface area contributed by atoms with Crippen LogP contribution in [0.2, 0.25) is 0 Å². The van der Waals surface area contributed by atoms with E-state index in [9.17, 15) is 14.4 Å². The quantitative estimate of drug-likeness (QED) is 0.417. The molecule has 0 bridgehead atoms. The second kappa shape index (κ2) is 10.4. The van der Waals surface area contributed by atoms with E-state index in [2.05, 4.69) is 21.2 Å². The zero-order chi connectivity index (χ0) is 24.1. The van der Waals surface area contributed by atoms with Crippen LogP contribution in [0, 0.1) is 0 Å². The Morgan fingerprint density at radius 3 is 2.21 bits per heavy atom. The van der Waals surface area contributed by atoms with Gasteiger partial charge in [-0.25, -0.2) is 9.69 Å². The third-order valence-electron chi connectivity index (χ3n) is 4.77. The van der Waals surface area contributed by atoms with Crippen LogP contribution in [-0.2, 0) is 9.59 Å². The molecule has 3 rings (SSSR count). The first-order chi connectivity index (χ1) is 15.8. The molecule has 33 heavy (non-hydrogen) atoms. The van der Waals surface area contributed by atoms with Crippen LogP contribution in [0.5, 0.6) is 23.0 Å². The van der Waals surface area contributed by atoms with Gasteiger partial charge in [0.15, 0.2) is 23.0 Å². The zero-order valence-corrected chi connectivity index (χ0v) is 20.1. The van der Waals surface area contributed by atoms with Crippen molar-refractivity contribution in [1.82, 2.24) is 5.32 Å². The Morgan fingerprint density at radius 2 is 1.58 bits per heavy atom. The number of nitrogens with zero attached hydrogens (tertiary/aromatic N) is 1. The molecule has 0 atom stereocenters. The molecule has 1 aliphatic heterocycles. The molecule has 1 heterocycles. The highest BCUT2D eigenvalue weighted by atomic mass is 79.9. The molecule has 0 aromatic heterocycles. The van der Waals surface area contributed by atoms with Crippen LogP contribution in [0.3, 0.4) is 0 Å². The summed E-state index contributed by atoms with van der Waals surface area (Å²) in [5, 5.41) is 2.20. The molecule has 0 saturated carbocycles. The maximum absolute atomic E-state index is 13.2. The molecule has 0 aliphatic carbocycles. The predicted molar refractivity (Wildman–Crippen MR) is 125 cm³/mol. The molecule has 2 aromatic carbocycles. The summed E-state index contributed by atoms with van der Waals surface area (Å²) in [6.45, 7) is 2.46. The highest BCUT2D eigenvalue weighted by molar-refractivity contribution is 9.10. The third kappa shape index (κ3) is 4.95. The van der Waals surface area contributed by atoms with E-state index in [0.717, 1.165) is 11.3 Å². The van der Waals surface area contributed by atoms with E-state index in [-0.39, 0.29) is 11.3 Å². The maximum atomic E-state index is 13.2. The van der Waals surface area contributed by atoms with Gasteiger partial charge in [-0.15, -0.1) is 0 Å². The van der Waals surface area contributed by atoms with Gasteiger partial charge in [0.1, 0.15) is 5.57 Å². The van der Waals surface area contributed by atoms with E-state index in [1.54, 1.807) is 24.3 Å². The average molecular weight is 519 g/mol. The second-order valence-corrected chi connectivity index (χ2v) is 7.72. The van der Waals surface area contributed by atoms with Crippen LogP contribution in [0.25, 0.3) is 6.08 Å². The van der Waals surface area contributed by atoms with E-state index in [1.807, 2.05) is 6.92 Å². The van der Waals surface area contributed by atoms with Crippen molar-refractivity contribution in [1.29, 1.82) is 0 Å². The lowest BCUT2D eigenvalue weighted by Crippen LogP contribution is -2.54. The average Bonchev–Trinajstić information content (AvgIpc) is 2.81. The fraction of sp³-hybridized carbons (Fsp3) is 0.261. The normalized spacial score (nSPS) is 14.9. The van der Waals surface area contributed by atoms with Gasteiger partial charge in [0.05, 0.1) is 33.6 Å². The fourth-order valence-corrected chi connectivity index (χ4v) is 3.59. The van der Waals surface area contributed by atoms with E-state index in [0.29, 0.717) is 39.6 Å². The lowest BCUT2D eigenvalue weighted by molar-refractivity contribution is -0.122. The number of halogens is 1. The highest BCUT2D eigenvalue weighted by Crippen LogP contribution is 2.36. The van der Waals surface area contributed by atoms with Crippen molar-refractivity contribution < 1.29 is 33.3 Å². The van der Waals surface area contributed by atoms with Crippen molar-refractivity contribution in [2.24, 2.45) is 0 Å². The van der Waals surface area contributed by atoms with Crippen molar-refractivity contribution in [3.8, 4) is 23.0 Å². The summed E-state index contributed by atoms with van der Waals surface area (Å²) in [5.41, 5.74) is 0.483. The minimum atomic E-state index is -0.863. The first kappa shape index (κ1) is 24.1. The van der Waals surface area contributed by atoms with Gasteiger partial charge in [-0.3, -0.25) is 14.9 Å². The van der Waals surface area contributed by atoms with Gasteiger partial charge in [0, 0.05) is 10.5 Å². The first-order valence-electron chi connectivity index (χ1n) is 9.98. The van der Waals surface area contributed by atoms with Crippen LogP contribution in [0.15, 0.2) is 40.4 Å². The smallest absolute Gasteiger partial charge is 0.335 e. The van der Waals surface area contributed by atoms with Crippen LogP contribution in [0.4, 0.5) is 10.5 Å². The molecule has 174 valence electrons. The number of carbonyl (C=O) groups is 3. The zero-order valence-electron chi connectivity index (χ0n) is 18.6. The monoisotopic (exact) mass is 518 g/mol. The highest BCUT2D eigenvalue weighted by Gasteiger charge is 2.37. The number of anilines is 1. The number of urea groups is 1. The molecule has 1 fully saturated rings. The number of hydrogen-bond donors (Lipinski definition) is 1. The number of barbiturate groups is 1. The Kier molecular flexibility index (Phi) is 7.59. The SMILES string of the molecule is CCCOc1ccc(N2C(=O)NC(=O)/C(=C\c3cc(OC)c(OC)cc3Br)C2=O)cc1OC. The lowest BCUT2D eigenvalue weighted by atomic mass is 10.1. The second-order valence-electron chi connectivity index (χ2n) is 6.87. The van der Waals surface area contributed by atoms with Crippen molar-refractivity contribution in [2.75, 3.05) is 32.8 Å². The van der Waals surface area contributed by atoms with Gasteiger partial charge in [-0.1, -0.05) is 22.9 Å². The lowest BCUT2D eigenvalue weighted by Gasteiger charge is -2.27. The van der Waals surface area contributed by atoms with Gasteiger partial charge < -0.3 is 18.9 Å². The van der Waals surface area contributed by atoms with Crippen LogP contribution >= 0.6 is 15.9 Å². The molecule has 0 spiro atoms. The Bertz CT molecular complexity index is 1130. The van der Waals surface area contributed by atoms with Gasteiger partial charge in [-0.2, -0.15) is 0 Å². The van der Waals surface area contributed by atoms with Gasteiger partial charge in [0.2, 0.25) is 0 Å². The molecule has 4 amide bonds. The van der Waals surface area contributed by atoms with Crippen LogP contribution in [0.1, 0.15) is 18.9 Å². The number of methoxy groups -OCH3 is 3. The van der Waals surface area contributed by atoms with E-state index in [1.165, 1.54) is 33.5 Å². The van der Waals surface area contributed by atoms with Crippen molar-refractivity contribution in [3.63, 3.8) is 0 Å². The summed E-state index contributed by atoms with van der Waals surface area (Å²) >= 11 is 3.40. The summed E-state index contributed by atoms with van der Waals surface area (Å²) in [5.74, 6) is 0.130. The first-order valence-corrected chi connectivity index (χ1v) is 10.8. The minimum Gasteiger partial charge on any atom is -0.493 e. The molecular formula is C23H23BrN2O7. The number of amides is 4. The molecule has 0 radical (unpaired) electrons. The molecule has 0 unspecified atom stereocenters. The number of imide groups is 2. The molecule has 1 N–H and O–H groups in total. The minimum absolute atomic E-state index is 0.225. The Hall–Kier alpha value is -3.53. The topological polar surface area (TPSA) is 103 Å². The summed E-state index contributed by atoms with van der Waals surface area (Å²) in [4.78, 5) is 39.2. The van der Waals surface area contributed by atoms with Crippen LogP contribution in [-0.4, -0.2) is 45.8 Å². The molecule has 1 saturated heterocycles. The number of carbonyl (C=O) groups excluding carboxylic acids is 3. The molecule has 9 nitrogen and oxygen atoms in total.